The van der Waals surface area contributed by atoms with E-state index in [4.69, 9.17) is 4.74 Å². The third-order valence-corrected chi connectivity index (χ3v) is 2.52. The molecule has 0 aromatic carbocycles. The summed E-state index contributed by atoms with van der Waals surface area (Å²) in [6, 6.07) is 0. The van der Waals surface area contributed by atoms with E-state index in [1.807, 2.05) is 11.8 Å². The lowest BCUT2D eigenvalue weighted by Gasteiger charge is -2.19. The molecule has 0 saturated carbocycles. The molecule has 2 nitrogen and oxygen atoms in total. The fourth-order valence-corrected chi connectivity index (χ4v) is 1.12. The molecule has 3 heteroatoms. The van der Waals surface area contributed by atoms with Gasteiger partial charge in [-0.15, -0.1) is 11.8 Å². The van der Waals surface area contributed by atoms with Crippen LogP contribution in [0.2, 0.25) is 0 Å². The van der Waals surface area contributed by atoms with Gasteiger partial charge in [0.05, 0.1) is 11.0 Å². The van der Waals surface area contributed by atoms with Gasteiger partial charge in [-0.1, -0.05) is 0 Å². The Balaban J connectivity index is 3.18. The minimum Gasteiger partial charge on any atom is -0.376 e. The molecule has 1 unspecified atom stereocenters. The fraction of sp³-hybridized carbons (Fsp3) is 1.00. The van der Waals surface area contributed by atoms with Crippen molar-refractivity contribution in [2.75, 3.05) is 19.4 Å². The molecule has 0 spiro atoms. The summed E-state index contributed by atoms with van der Waals surface area (Å²) >= 11 is 1.84. The molecular formula is C10H23NOS. The largest absolute Gasteiger partial charge is 0.376 e. The number of hydrogen-bond donors (Lipinski definition) is 1. The van der Waals surface area contributed by atoms with Crippen LogP contribution in [0, 0.1) is 0 Å². The van der Waals surface area contributed by atoms with Crippen molar-refractivity contribution >= 4 is 11.8 Å². The van der Waals surface area contributed by atoms with Crippen LogP contribution in [0.3, 0.4) is 0 Å². The summed E-state index contributed by atoms with van der Waals surface area (Å²) in [5.74, 6) is 0. The predicted molar refractivity (Wildman–Crippen MR) is 61.3 cm³/mol. The lowest BCUT2D eigenvalue weighted by Crippen LogP contribution is -2.26. The lowest BCUT2D eigenvalue weighted by molar-refractivity contribution is -0.00377. The van der Waals surface area contributed by atoms with E-state index in [0.717, 1.165) is 19.6 Å². The van der Waals surface area contributed by atoms with E-state index >= 15 is 0 Å². The maximum Gasteiger partial charge on any atom is 0.0598 e. The Labute approximate surface area is 86.8 Å². The van der Waals surface area contributed by atoms with E-state index in [9.17, 15) is 0 Å². The third-order valence-electron chi connectivity index (χ3n) is 1.64. The Morgan fingerprint density at radius 3 is 2.46 bits per heavy atom. The van der Waals surface area contributed by atoms with Crippen molar-refractivity contribution in [3.63, 3.8) is 0 Å². The smallest absolute Gasteiger partial charge is 0.0598 e. The third kappa shape index (κ3) is 10.2. The number of nitrogens with one attached hydrogen (secondary N) is 1. The van der Waals surface area contributed by atoms with E-state index in [1.165, 1.54) is 0 Å². The van der Waals surface area contributed by atoms with E-state index in [2.05, 4.69) is 39.3 Å². The molecule has 13 heavy (non-hydrogen) atoms. The van der Waals surface area contributed by atoms with Gasteiger partial charge in [-0.3, -0.25) is 0 Å². The Hall–Kier alpha value is 0.270. The number of ether oxygens (including phenoxy) is 1. The summed E-state index contributed by atoms with van der Waals surface area (Å²) in [7, 11) is 0. The zero-order valence-electron chi connectivity index (χ0n) is 9.52. The second-order valence-electron chi connectivity index (χ2n) is 4.15. The van der Waals surface area contributed by atoms with E-state index in [-0.39, 0.29) is 5.60 Å². The van der Waals surface area contributed by atoms with Crippen molar-refractivity contribution in [2.24, 2.45) is 0 Å². The van der Waals surface area contributed by atoms with Gasteiger partial charge in [-0.25, -0.2) is 0 Å². The molecule has 0 saturated heterocycles. The highest BCUT2D eigenvalue weighted by atomic mass is 32.2. The molecular weight excluding hydrogens is 182 g/mol. The molecule has 0 radical (unpaired) electrons. The topological polar surface area (TPSA) is 21.3 Å². The van der Waals surface area contributed by atoms with Crippen molar-refractivity contribution in [2.45, 2.75) is 45.1 Å². The van der Waals surface area contributed by atoms with Gasteiger partial charge >= 0.3 is 0 Å². The highest BCUT2D eigenvalue weighted by Gasteiger charge is 2.08. The standard InChI is InChI=1S/C10H23NOS/c1-9(13-5)11-7-6-8-12-10(2,3)4/h9,11H,6-8H2,1-5H3. The number of hydrogen-bond acceptors (Lipinski definition) is 3. The quantitative estimate of drug-likeness (QED) is 0.532. The normalized spacial score (nSPS) is 14.5. The molecule has 0 aliphatic rings. The van der Waals surface area contributed by atoms with E-state index < -0.39 is 0 Å². The van der Waals surface area contributed by atoms with Crippen LogP contribution >= 0.6 is 11.8 Å². The van der Waals surface area contributed by atoms with Crippen molar-refractivity contribution in [3.8, 4) is 0 Å². The molecule has 0 aliphatic carbocycles. The molecule has 0 aromatic heterocycles. The monoisotopic (exact) mass is 205 g/mol. The summed E-state index contributed by atoms with van der Waals surface area (Å²) in [6.45, 7) is 10.3. The first kappa shape index (κ1) is 13.3. The van der Waals surface area contributed by atoms with Crippen LogP contribution in [0.1, 0.15) is 34.1 Å². The lowest BCUT2D eigenvalue weighted by atomic mass is 10.2. The second-order valence-corrected chi connectivity index (χ2v) is 5.32. The molecule has 80 valence electrons. The predicted octanol–water partition coefficient (Wildman–Crippen LogP) is 2.49. The minimum atomic E-state index is 0.00508. The Bertz CT molecular complexity index is 123. The Morgan fingerprint density at radius 2 is 2.00 bits per heavy atom. The molecule has 1 N–H and O–H groups in total. The first-order valence-electron chi connectivity index (χ1n) is 4.86. The molecule has 0 aliphatic heterocycles. The van der Waals surface area contributed by atoms with Gasteiger partial charge in [0.15, 0.2) is 0 Å². The van der Waals surface area contributed by atoms with Gasteiger partial charge in [0.1, 0.15) is 0 Å². The van der Waals surface area contributed by atoms with Gasteiger partial charge in [0.25, 0.3) is 0 Å². The average molecular weight is 205 g/mol. The summed E-state index contributed by atoms with van der Waals surface area (Å²) in [6.07, 6.45) is 3.20. The number of thioether (sulfide) groups is 1. The second kappa shape index (κ2) is 6.68. The molecule has 0 heterocycles. The van der Waals surface area contributed by atoms with Crippen molar-refractivity contribution in [3.05, 3.63) is 0 Å². The molecule has 0 amide bonds. The average Bonchev–Trinajstić information content (AvgIpc) is 2.01. The van der Waals surface area contributed by atoms with Crippen LogP contribution in [-0.4, -0.2) is 30.4 Å². The van der Waals surface area contributed by atoms with Crippen LogP contribution in [0.15, 0.2) is 0 Å². The van der Waals surface area contributed by atoms with E-state index in [0.29, 0.717) is 5.37 Å². The van der Waals surface area contributed by atoms with Crippen molar-refractivity contribution in [1.29, 1.82) is 0 Å². The maximum absolute atomic E-state index is 5.60. The zero-order valence-corrected chi connectivity index (χ0v) is 10.3. The van der Waals surface area contributed by atoms with Crippen LogP contribution < -0.4 is 5.32 Å². The highest BCUT2D eigenvalue weighted by Crippen LogP contribution is 2.06. The van der Waals surface area contributed by atoms with Gasteiger partial charge in [0.2, 0.25) is 0 Å². The Morgan fingerprint density at radius 1 is 1.38 bits per heavy atom. The number of rotatable bonds is 6. The van der Waals surface area contributed by atoms with Crippen LogP contribution in [0.5, 0.6) is 0 Å². The maximum atomic E-state index is 5.60. The fourth-order valence-electron chi connectivity index (χ4n) is 0.839. The minimum absolute atomic E-state index is 0.00508. The Kier molecular flexibility index (Phi) is 6.82. The zero-order chi connectivity index (χ0) is 10.3. The highest BCUT2D eigenvalue weighted by molar-refractivity contribution is 7.99. The van der Waals surface area contributed by atoms with Crippen molar-refractivity contribution in [1.82, 2.24) is 5.32 Å². The summed E-state index contributed by atoms with van der Waals surface area (Å²) < 4.78 is 5.60. The van der Waals surface area contributed by atoms with E-state index in [1.54, 1.807) is 0 Å². The van der Waals surface area contributed by atoms with Crippen LogP contribution in [0.25, 0.3) is 0 Å². The summed E-state index contributed by atoms with van der Waals surface area (Å²) in [5, 5.41) is 3.95. The van der Waals surface area contributed by atoms with Gasteiger partial charge in [-0.2, -0.15) is 0 Å². The molecule has 0 aromatic rings. The first-order valence-corrected chi connectivity index (χ1v) is 6.14. The molecule has 0 fully saturated rings. The molecule has 0 rings (SSSR count). The van der Waals surface area contributed by atoms with Crippen LogP contribution in [-0.2, 0) is 4.74 Å². The van der Waals surface area contributed by atoms with Gasteiger partial charge < -0.3 is 10.1 Å². The van der Waals surface area contributed by atoms with Crippen molar-refractivity contribution < 1.29 is 4.74 Å². The first-order chi connectivity index (χ1) is 5.95. The SMILES string of the molecule is CSC(C)NCCCOC(C)(C)C. The summed E-state index contributed by atoms with van der Waals surface area (Å²) in [4.78, 5) is 0. The molecule has 1 atom stereocenters. The molecule has 0 bridgehead atoms. The van der Waals surface area contributed by atoms with Crippen LogP contribution in [0.4, 0.5) is 0 Å². The van der Waals surface area contributed by atoms with Gasteiger partial charge in [0, 0.05) is 6.61 Å². The van der Waals surface area contributed by atoms with Gasteiger partial charge in [-0.05, 0) is 46.9 Å². The summed E-state index contributed by atoms with van der Waals surface area (Å²) in [5.41, 5.74) is 0.00508.